The Morgan fingerprint density at radius 3 is 2.75 bits per heavy atom. The summed E-state index contributed by atoms with van der Waals surface area (Å²) in [6, 6.07) is 11.7. The van der Waals surface area contributed by atoms with E-state index < -0.39 is 0 Å². The summed E-state index contributed by atoms with van der Waals surface area (Å²) in [6.45, 7) is 3.26. The van der Waals surface area contributed by atoms with E-state index in [1.807, 2.05) is 24.0 Å². The smallest absolute Gasteiger partial charge is 0.254 e. The fourth-order valence-electron chi connectivity index (χ4n) is 2.67. The number of nitrogens with zero attached hydrogens (tertiary/aromatic N) is 2. The summed E-state index contributed by atoms with van der Waals surface area (Å²) in [6.07, 6.45) is 0.904. The van der Waals surface area contributed by atoms with Crippen molar-refractivity contribution in [2.24, 2.45) is 0 Å². The second-order valence-electron chi connectivity index (χ2n) is 5.17. The Balaban J connectivity index is 1.86. The van der Waals surface area contributed by atoms with Crippen molar-refractivity contribution in [1.82, 2.24) is 9.88 Å². The van der Waals surface area contributed by atoms with Gasteiger partial charge in [-0.2, -0.15) is 0 Å². The first-order valence-electron chi connectivity index (χ1n) is 6.74. The Morgan fingerprint density at radius 1 is 1.25 bits per heavy atom. The molecule has 20 heavy (non-hydrogen) atoms. The Kier molecular flexibility index (Phi) is 3.14. The third-order valence-corrected chi connectivity index (χ3v) is 3.64. The third kappa shape index (κ3) is 2.37. The van der Waals surface area contributed by atoms with Crippen molar-refractivity contribution in [2.75, 3.05) is 12.3 Å². The summed E-state index contributed by atoms with van der Waals surface area (Å²) in [5, 5.41) is 0. The number of carbonyl (C=O) groups is 1. The highest BCUT2D eigenvalue weighted by Crippen LogP contribution is 2.20. The van der Waals surface area contributed by atoms with Gasteiger partial charge in [-0.3, -0.25) is 4.79 Å². The van der Waals surface area contributed by atoms with Gasteiger partial charge in [0.15, 0.2) is 0 Å². The van der Waals surface area contributed by atoms with Crippen molar-refractivity contribution in [3.8, 4) is 0 Å². The van der Waals surface area contributed by atoms with Gasteiger partial charge < -0.3 is 10.6 Å². The predicted molar refractivity (Wildman–Crippen MR) is 78.3 cm³/mol. The molecular formula is C16H17N3O. The van der Waals surface area contributed by atoms with E-state index in [9.17, 15) is 4.79 Å². The van der Waals surface area contributed by atoms with Gasteiger partial charge in [0.2, 0.25) is 0 Å². The first kappa shape index (κ1) is 12.7. The number of aromatic nitrogens is 1. The van der Waals surface area contributed by atoms with Crippen LogP contribution in [0.5, 0.6) is 0 Å². The first-order valence-corrected chi connectivity index (χ1v) is 6.74. The predicted octanol–water partition coefficient (Wildman–Crippen LogP) is 2.17. The molecule has 0 radical (unpaired) electrons. The van der Waals surface area contributed by atoms with E-state index in [0.717, 1.165) is 18.7 Å². The SMILES string of the molecule is Cc1cc(C(=O)N2CCc3ccccc3C2)cc(N)n1. The van der Waals surface area contributed by atoms with Crippen molar-refractivity contribution >= 4 is 11.7 Å². The number of benzene rings is 1. The molecule has 102 valence electrons. The fourth-order valence-corrected chi connectivity index (χ4v) is 2.67. The molecule has 0 fully saturated rings. The van der Waals surface area contributed by atoms with Crippen molar-refractivity contribution < 1.29 is 4.79 Å². The lowest BCUT2D eigenvalue weighted by Gasteiger charge is -2.29. The molecular weight excluding hydrogens is 250 g/mol. The molecule has 2 aromatic rings. The summed E-state index contributed by atoms with van der Waals surface area (Å²) >= 11 is 0. The summed E-state index contributed by atoms with van der Waals surface area (Å²) in [5.74, 6) is 0.419. The normalized spacial score (nSPS) is 13.9. The van der Waals surface area contributed by atoms with Crippen LogP contribution in [-0.4, -0.2) is 22.3 Å². The Bertz CT molecular complexity index is 646. The molecule has 1 aliphatic heterocycles. The number of amides is 1. The van der Waals surface area contributed by atoms with Crippen molar-refractivity contribution in [2.45, 2.75) is 19.9 Å². The van der Waals surface area contributed by atoms with Gasteiger partial charge in [-0.25, -0.2) is 4.98 Å². The van der Waals surface area contributed by atoms with Gasteiger partial charge in [0, 0.05) is 24.3 Å². The molecule has 3 rings (SSSR count). The summed E-state index contributed by atoms with van der Waals surface area (Å²) < 4.78 is 0. The lowest BCUT2D eigenvalue weighted by molar-refractivity contribution is 0.0734. The molecule has 0 spiro atoms. The van der Waals surface area contributed by atoms with E-state index >= 15 is 0 Å². The lowest BCUT2D eigenvalue weighted by Crippen LogP contribution is -2.36. The molecule has 1 aliphatic rings. The molecule has 4 nitrogen and oxygen atoms in total. The van der Waals surface area contributed by atoms with Gasteiger partial charge in [-0.1, -0.05) is 24.3 Å². The highest BCUT2D eigenvalue weighted by molar-refractivity contribution is 5.95. The summed E-state index contributed by atoms with van der Waals surface area (Å²) in [7, 11) is 0. The Labute approximate surface area is 118 Å². The fraction of sp³-hybridized carbons (Fsp3) is 0.250. The number of hydrogen-bond acceptors (Lipinski definition) is 3. The zero-order chi connectivity index (χ0) is 14.1. The van der Waals surface area contributed by atoms with Crippen molar-refractivity contribution in [3.63, 3.8) is 0 Å². The average molecular weight is 267 g/mol. The summed E-state index contributed by atoms with van der Waals surface area (Å²) in [5.41, 5.74) is 9.67. The molecule has 0 bridgehead atoms. The van der Waals surface area contributed by atoms with Gasteiger partial charge in [0.25, 0.3) is 5.91 Å². The largest absolute Gasteiger partial charge is 0.384 e. The number of rotatable bonds is 1. The highest BCUT2D eigenvalue weighted by atomic mass is 16.2. The standard InChI is InChI=1S/C16H17N3O/c1-11-8-14(9-15(17)18-11)16(20)19-7-6-12-4-2-3-5-13(12)10-19/h2-5,8-9H,6-7,10H2,1H3,(H2,17,18). The molecule has 0 atom stereocenters. The highest BCUT2D eigenvalue weighted by Gasteiger charge is 2.21. The second-order valence-corrected chi connectivity index (χ2v) is 5.17. The summed E-state index contributed by atoms with van der Waals surface area (Å²) in [4.78, 5) is 18.5. The number of pyridine rings is 1. The molecule has 0 saturated heterocycles. The van der Waals surface area contributed by atoms with Gasteiger partial charge in [0.1, 0.15) is 5.82 Å². The van der Waals surface area contributed by atoms with Gasteiger partial charge in [0.05, 0.1) is 0 Å². The number of anilines is 1. The van der Waals surface area contributed by atoms with E-state index in [1.165, 1.54) is 11.1 Å². The maximum Gasteiger partial charge on any atom is 0.254 e. The molecule has 4 heteroatoms. The van der Waals surface area contributed by atoms with E-state index in [0.29, 0.717) is 17.9 Å². The van der Waals surface area contributed by atoms with Crippen LogP contribution in [0.2, 0.25) is 0 Å². The van der Waals surface area contributed by atoms with Crippen molar-refractivity contribution in [1.29, 1.82) is 0 Å². The Morgan fingerprint density at radius 2 is 2.00 bits per heavy atom. The zero-order valence-corrected chi connectivity index (χ0v) is 11.5. The van der Waals surface area contributed by atoms with E-state index in [2.05, 4.69) is 17.1 Å². The maximum atomic E-state index is 12.6. The van der Waals surface area contributed by atoms with E-state index in [-0.39, 0.29) is 5.91 Å². The van der Waals surface area contributed by atoms with E-state index in [1.54, 1.807) is 12.1 Å². The number of carbonyl (C=O) groups excluding carboxylic acids is 1. The number of nitrogens with two attached hydrogens (primary N) is 1. The minimum Gasteiger partial charge on any atom is -0.384 e. The van der Waals surface area contributed by atoms with Crippen LogP contribution in [0.1, 0.15) is 27.2 Å². The molecule has 2 N–H and O–H groups in total. The molecule has 0 unspecified atom stereocenters. The topological polar surface area (TPSA) is 59.2 Å². The molecule has 2 heterocycles. The monoisotopic (exact) mass is 267 g/mol. The maximum absolute atomic E-state index is 12.6. The zero-order valence-electron chi connectivity index (χ0n) is 11.5. The Hall–Kier alpha value is -2.36. The minimum atomic E-state index is 0.0247. The molecule has 0 aliphatic carbocycles. The quantitative estimate of drug-likeness (QED) is 0.861. The van der Waals surface area contributed by atoms with Gasteiger partial charge in [-0.05, 0) is 36.6 Å². The van der Waals surface area contributed by atoms with Crippen LogP contribution in [0, 0.1) is 6.92 Å². The van der Waals surface area contributed by atoms with Gasteiger partial charge in [-0.15, -0.1) is 0 Å². The van der Waals surface area contributed by atoms with Crippen LogP contribution >= 0.6 is 0 Å². The lowest BCUT2D eigenvalue weighted by atomic mass is 9.99. The van der Waals surface area contributed by atoms with Crippen LogP contribution in [0.3, 0.4) is 0 Å². The molecule has 1 aromatic heterocycles. The average Bonchev–Trinajstić information content (AvgIpc) is 2.45. The molecule has 1 amide bonds. The van der Waals surface area contributed by atoms with Crippen LogP contribution in [0.4, 0.5) is 5.82 Å². The molecule has 1 aromatic carbocycles. The number of aryl methyl sites for hydroxylation is 1. The minimum absolute atomic E-state index is 0.0247. The molecule has 0 saturated carbocycles. The van der Waals surface area contributed by atoms with E-state index in [4.69, 9.17) is 5.73 Å². The third-order valence-electron chi connectivity index (χ3n) is 3.64. The van der Waals surface area contributed by atoms with Crippen LogP contribution < -0.4 is 5.73 Å². The van der Waals surface area contributed by atoms with Crippen molar-refractivity contribution in [3.05, 3.63) is 58.8 Å². The second kappa shape index (κ2) is 4.96. The van der Waals surface area contributed by atoms with Crippen LogP contribution in [-0.2, 0) is 13.0 Å². The number of fused-ring (bicyclic) bond motifs is 1. The number of nitrogen functional groups attached to an aromatic ring is 1. The van der Waals surface area contributed by atoms with Crippen LogP contribution in [0.25, 0.3) is 0 Å². The van der Waals surface area contributed by atoms with Gasteiger partial charge >= 0.3 is 0 Å². The first-order chi connectivity index (χ1) is 9.63. The number of hydrogen-bond donors (Lipinski definition) is 1. The van der Waals surface area contributed by atoms with Crippen LogP contribution in [0.15, 0.2) is 36.4 Å².